The number of benzene rings is 2. The quantitative estimate of drug-likeness (QED) is 0.440. The van der Waals surface area contributed by atoms with E-state index in [9.17, 15) is 18.0 Å². The van der Waals surface area contributed by atoms with E-state index in [2.05, 4.69) is 25.3 Å². The van der Waals surface area contributed by atoms with Crippen LogP contribution in [0.4, 0.5) is 19.0 Å². The summed E-state index contributed by atoms with van der Waals surface area (Å²) in [6.07, 6.45) is 2.85. The topological polar surface area (TPSA) is 88.5 Å². The van der Waals surface area contributed by atoms with Crippen LogP contribution in [-0.2, 0) is 0 Å². The lowest BCUT2D eigenvalue weighted by atomic mass is 10.1. The number of aromatic amines is 1. The van der Waals surface area contributed by atoms with E-state index in [-0.39, 0.29) is 11.1 Å². The van der Waals surface area contributed by atoms with Crippen molar-refractivity contribution in [3.05, 3.63) is 88.6 Å². The van der Waals surface area contributed by atoms with Gasteiger partial charge >= 0.3 is 0 Å². The Morgan fingerprint density at radius 2 is 1.84 bits per heavy atom. The summed E-state index contributed by atoms with van der Waals surface area (Å²) in [5.41, 5.74) is 1.01. The van der Waals surface area contributed by atoms with Gasteiger partial charge in [-0.15, -0.1) is 0 Å². The number of halogens is 3. The summed E-state index contributed by atoms with van der Waals surface area (Å²) in [5, 5.41) is 3.81. The number of hydrogen-bond acceptors (Lipinski definition) is 5. The number of nitrogens with zero attached hydrogens (tertiary/aromatic N) is 4. The van der Waals surface area contributed by atoms with Crippen molar-refractivity contribution in [1.82, 2.24) is 24.5 Å². The molecule has 3 aromatic heterocycles. The lowest BCUT2D eigenvalue weighted by Gasteiger charge is -2.21. The minimum atomic E-state index is -1.10. The van der Waals surface area contributed by atoms with Crippen LogP contribution in [0.1, 0.15) is 18.7 Å². The van der Waals surface area contributed by atoms with Crippen molar-refractivity contribution in [1.29, 1.82) is 0 Å². The Bertz CT molecular complexity index is 1540. The third kappa shape index (κ3) is 3.25. The molecule has 5 rings (SSSR count). The molecule has 10 heteroatoms. The first-order valence-electron chi connectivity index (χ1n) is 9.63. The van der Waals surface area contributed by atoms with Gasteiger partial charge < -0.3 is 10.3 Å². The summed E-state index contributed by atoms with van der Waals surface area (Å²) < 4.78 is 42.6. The zero-order valence-corrected chi connectivity index (χ0v) is 16.6. The van der Waals surface area contributed by atoms with Crippen molar-refractivity contribution in [3.8, 4) is 5.69 Å². The first kappa shape index (κ1) is 19.7. The predicted octanol–water partition coefficient (Wildman–Crippen LogP) is 4.25. The van der Waals surface area contributed by atoms with E-state index in [1.54, 1.807) is 13.0 Å². The van der Waals surface area contributed by atoms with Crippen LogP contribution < -0.4 is 10.9 Å². The van der Waals surface area contributed by atoms with Crippen molar-refractivity contribution >= 4 is 27.8 Å². The number of nitrogens with one attached hydrogen (secondary N) is 2. The Kier molecular flexibility index (Phi) is 4.62. The van der Waals surface area contributed by atoms with Gasteiger partial charge in [0.25, 0.3) is 5.56 Å². The Hall–Kier alpha value is -4.21. The molecule has 160 valence electrons. The summed E-state index contributed by atoms with van der Waals surface area (Å²) in [7, 11) is 0. The molecule has 0 saturated heterocycles. The second-order valence-electron chi connectivity index (χ2n) is 7.23. The number of hydrogen-bond donors (Lipinski definition) is 2. The smallest absolute Gasteiger partial charge is 0.263 e. The van der Waals surface area contributed by atoms with E-state index in [4.69, 9.17) is 0 Å². The minimum absolute atomic E-state index is 0.108. The molecule has 5 aromatic rings. The number of imidazole rings is 1. The van der Waals surface area contributed by atoms with Crippen LogP contribution in [0.2, 0.25) is 0 Å². The van der Waals surface area contributed by atoms with Gasteiger partial charge in [0.05, 0.1) is 23.4 Å². The summed E-state index contributed by atoms with van der Waals surface area (Å²) >= 11 is 0. The maximum absolute atomic E-state index is 14.0. The van der Waals surface area contributed by atoms with Crippen LogP contribution in [0.5, 0.6) is 0 Å². The molecule has 0 bridgehead atoms. The number of H-pyrrole nitrogens is 1. The van der Waals surface area contributed by atoms with Crippen LogP contribution in [0.25, 0.3) is 27.6 Å². The Morgan fingerprint density at radius 1 is 1.00 bits per heavy atom. The van der Waals surface area contributed by atoms with E-state index in [1.807, 2.05) is 0 Å². The van der Waals surface area contributed by atoms with Gasteiger partial charge in [0.15, 0.2) is 23.1 Å². The molecule has 0 spiro atoms. The molecule has 32 heavy (non-hydrogen) atoms. The molecule has 0 fully saturated rings. The highest BCUT2D eigenvalue weighted by Crippen LogP contribution is 2.26. The molecule has 1 atom stereocenters. The van der Waals surface area contributed by atoms with Crippen LogP contribution in [0, 0.1) is 17.5 Å². The number of pyridine rings is 1. The van der Waals surface area contributed by atoms with Gasteiger partial charge in [0.1, 0.15) is 17.7 Å². The molecule has 2 N–H and O–H groups in total. The molecule has 0 aliphatic heterocycles. The van der Waals surface area contributed by atoms with Gasteiger partial charge in [-0.3, -0.25) is 9.36 Å². The Balaban J connectivity index is 1.71. The fourth-order valence-electron chi connectivity index (χ4n) is 3.66. The normalized spacial score (nSPS) is 12.4. The molecule has 2 aromatic carbocycles. The van der Waals surface area contributed by atoms with E-state index in [1.165, 1.54) is 35.4 Å². The van der Waals surface area contributed by atoms with Gasteiger partial charge in [0, 0.05) is 11.8 Å². The van der Waals surface area contributed by atoms with Crippen LogP contribution >= 0.6 is 0 Å². The van der Waals surface area contributed by atoms with Crippen LogP contribution in [-0.4, -0.2) is 24.5 Å². The summed E-state index contributed by atoms with van der Waals surface area (Å²) in [5.74, 6) is -2.29. The third-order valence-corrected chi connectivity index (χ3v) is 5.19. The molecule has 7 nitrogen and oxygen atoms in total. The first-order chi connectivity index (χ1) is 15.4. The number of fused-ring (bicyclic) bond motifs is 2. The molecular weight excluding hydrogens is 421 g/mol. The van der Waals surface area contributed by atoms with Crippen molar-refractivity contribution in [2.75, 3.05) is 5.32 Å². The van der Waals surface area contributed by atoms with Gasteiger partial charge in [-0.1, -0.05) is 6.07 Å². The highest BCUT2D eigenvalue weighted by molar-refractivity contribution is 5.84. The lowest BCUT2D eigenvalue weighted by molar-refractivity contribution is 0.507. The van der Waals surface area contributed by atoms with E-state index < -0.39 is 29.1 Å². The monoisotopic (exact) mass is 436 g/mol. The molecular formula is C22H15F3N6O. The van der Waals surface area contributed by atoms with E-state index >= 15 is 0 Å². The average molecular weight is 436 g/mol. The van der Waals surface area contributed by atoms with E-state index in [0.717, 1.165) is 18.2 Å². The fourth-order valence-corrected chi connectivity index (χ4v) is 3.66. The lowest BCUT2D eigenvalue weighted by Crippen LogP contribution is -2.26. The predicted molar refractivity (Wildman–Crippen MR) is 113 cm³/mol. The van der Waals surface area contributed by atoms with Gasteiger partial charge in [-0.05, 0) is 42.6 Å². The average Bonchev–Trinajstić information content (AvgIpc) is 3.26. The third-order valence-electron chi connectivity index (χ3n) is 5.19. The molecule has 0 radical (unpaired) electrons. The summed E-state index contributed by atoms with van der Waals surface area (Å²) in [6, 6.07) is 8.18. The van der Waals surface area contributed by atoms with Crippen LogP contribution in [0.3, 0.4) is 0 Å². The maximum atomic E-state index is 14.0. The standard InChI is InChI=1S/C22H15F3N6O/c1-11(30-21-19-20(27-9-26-19)28-10-29-21)18-6-12-2-3-13(23)7-15(12)22(32)31(18)14-4-5-16(24)17(25)8-14/h2-11H,1H3,(H2,26,27,28,29,30). The molecule has 0 aliphatic rings. The number of aromatic nitrogens is 5. The molecule has 0 amide bonds. The highest BCUT2D eigenvalue weighted by Gasteiger charge is 2.19. The highest BCUT2D eigenvalue weighted by atomic mass is 19.2. The number of rotatable bonds is 4. The zero-order chi connectivity index (χ0) is 22.4. The van der Waals surface area contributed by atoms with Gasteiger partial charge in [-0.2, -0.15) is 0 Å². The second kappa shape index (κ2) is 7.49. The fraction of sp³-hybridized carbons (Fsp3) is 0.0909. The van der Waals surface area contributed by atoms with Crippen LogP contribution in [0.15, 0.2) is 59.9 Å². The Morgan fingerprint density at radius 3 is 2.66 bits per heavy atom. The SMILES string of the molecule is CC(Nc1ncnc2[nH]cnc12)c1cc2ccc(F)cc2c(=O)n1-c1ccc(F)c(F)c1. The van der Waals surface area contributed by atoms with Gasteiger partial charge in [0.2, 0.25) is 0 Å². The largest absolute Gasteiger partial charge is 0.360 e. The molecule has 0 saturated carbocycles. The van der Waals surface area contributed by atoms with E-state index in [0.29, 0.717) is 28.1 Å². The first-order valence-corrected chi connectivity index (χ1v) is 9.63. The van der Waals surface area contributed by atoms with Crippen molar-refractivity contribution < 1.29 is 13.2 Å². The molecule has 1 unspecified atom stereocenters. The Labute approximate surface area is 178 Å². The zero-order valence-electron chi connectivity index (χ0n) is 16.6. The maximum Gasteiger partial charge on any atom is 0.263 e. The molecule has 0 aliphatic carbocycles. The molecule has 3 heterocycles. The number of anilines is 1. The minimum Gasteiger partial charge on any atom is -0.360 e. The second-order valence-corrected chi connectivity index (χ2v) is 7.23. The van der Waals surface area contributed by atoms with Gasteiger partial charge in [-0.25, -0.2) is 28.1 Å². The van der Waals surface area contributed by atoms with Crippen molar-refractivity contribution in [2.45, 2.75) is 13.0 Å². The summed E-state index contributed by atoms with van der Waals surface area (Å²) in [6.45, 7) is 1.78. The van der Waals surface area contributed by atoms with Crippen molar-refractivity contribution in [3.63, 3.8) is 0 Å². The summed E-state index contributed by atoms with van der Waals surface area (Å²) in [4.78, 5) is 28.7. The van der Waals surface area contributed by atoms with Crippen molar-refractivity contribution in [2.24, 2.45) is 0 Å².